The fraction of sp³-hybridized carbons (Fsp3) is 0.750. The maximum atomic E-state index is 12.1. The Morgan fingerprint density at radius 1 is 1.00 bits per heavy atom. The van der Waals surface area contributed by atoms with E-state index in [2.05, 4.69) is 10.6 Å². The van der Waals surface area contributed by atoms with Crippen LogP contribution in [-0.2, 0) is 14.4 Å². The van der Waals surface area contributed by atoms with E-state index in [1.165, 1.54) is 0 Å². The monoisotopic (exact) mass is 360 g/mol. The van der Waals surface area contributed by atoms with Crippen molar-refractivity contribution in [1.29, 1.82) is 0 Å². The van der Waals surface area contributed by atoms with Gasteiger partial charge in [-0.2, -0.15) is 0 Å². The SMILES string of the molecule is CCC(C)(CC(C)C)C(NC(=O)NC(CCC(=O)O)C(=O)O)C(=O)O. The van der Waals surface area contributed by atoms with Gasteiger partial charge in [-0.15, -0.1) is 0 Å². The van der Waals surface area contributed by atoms with Gasteiger partial charge in [0.25, 0.3) is 0 Å². The average Bonchev–Trinajstić information content (AvgIpc) is 2.47. The van der Waals surface area contributed by atoms with Crippen molar-refractivity contribution in [2.24, 2.45) is 11.3 Å². The highest BCUT2D eigenvalue weighted by Gasteiger charge is 2.39. The molecule has 0 aromatic rings. The summed E-state index contributed by atoms with van der Waals surface area (Å²) in [5.41, 5.74) is -0.711. The fourth-order valence-electron chi connectivity index (χ4n) is 2.79. The lowest BCUT2D eigenvalue weighted by molar-refractivity contribution is -0.143. The molecule has 0 rings (SSSR count). The second kappa shape index (κ2) is 9.85. The third kappa shape index (κ3) is 7.86. The summed E-state index contributed by atoms with van der Waals surface area (Å²) in [6.07, 6.45) is 0.332. The van der Waals surface area contributed by atoms with Gasteiger partial charge in [0.05, 0.1) is 0 Å². The van der Waals surface area contributed by atoms with E-state index in [9.17, 15) is 24.3 Å². The molecule has 0 saturated heterocycles. The molecule has 0 radical (unpaired) electrons. The fourth-order valence-corrected chi connectivity index (χ4v) is 2.79. The lowest BCUT2D eigenvalue weighted by Crippen LogP contribution is -2.56. The predicted molar refractivity (Wildman–Crippen MR) is 89.2 cm³/mol. The van der Waals surface area contributed by atoms with Gasteiger partial charge in [-0.25, -0.2) is 14.4 Å². The number of carbonyl (C=O) groups is 4. The predicted octanol–water partition coefficient (Wildman–Crippen LogP) is 1.52. The molecule has 0 spiro atoms. The van der Waals surface area contributed by atoms with Crippen molar-refractivity contribution in [2.45, 2.75) is 65.5 Å². The second-order valence-electron chi connectivity index (χ2n) is 6.82. The Kier molecular flexibility index (Phi) is 8.94. The zero-order valence-corrected chi connectivity index (χ0v) is 15.0. The molecular formula is C16H28N2O7. The highest BCUT2D eigenvalue weighted by atomic mass is 16.4. The lowest BCUT2D eigenvalue weighted by atomic mass is 9.73. The molecule has 3 unspecified atom stereocenters. The van der Waals surface area contributed by atoms with Crippen molar-refractivity contribution in [2.75, 3.05) is 0 Å². The van der Waals surface area contributed by atoms with Crippen LogP contribution in [0.25, 0.3) is 0 Å². The third-order valence-electron chi connectivity index (χ3n) is 4.15. The van der Waals surface area contributed by atoms with Crippen LogP contribution in [-0.4, -0.2) is 51.3 Å². The van der Waals surface area contributed by atoms with E-state index in [1.54, 1.807) is 6.92 Å². The van der Waals surface area contributed by atoms with Crippen LogP contribution in [0.2, 0.25) is 0 Å². The summed E-state index contributed by atoms with van der Waals surface area (Å²) in [6.45, 7) is 7.47. The van der Waals surface area contributed by atoms with E-state index in [1.807, 2.05) is 20.8 Å². The summed E-state index contributed by atoms with van der Waals surface area (Å²) < 4.78 is 0. The maximum absolute atomic E-state index is 12.1. The first-order valence-corrected chi connectivity index (χ1v) is 8.17. The number of rotatable bonds is 11. The number of nitrogens with one attached hydrogen (secondary N) is 2. The molecule has 0 aliphatic heterocycles. The zero-order valence-electron chi connectivity index (χ0n) is 15.0. The molecule has 0 bridgehead atoms. The number of carboxylic acids is 3. The van der Waals surface area contributed by atoms with Gasteiger partial charge in [-0.05, 0) is 30.6 Å². The summed E-state index contributed by atoms with van der Waals surface area (Å²) in [5, 5.41) is 31.6. The van der Waals surface area contributed by atoms with Crippen LogP contribution < -0.4 is 10.6 Å². The van der Waals surface area contributed by atoms with Gasteiger partial charge < -0.3 is 26.0 Å². The van der Waals surface area contributed by atoms with Crippen LogP contribution in [0.5, 0.6) is 0 Å². The van der Waals surface area contributed by atoms with Gasteiger partial charge in [-0.3, -0.25) is 4.79 Å². The molecule has 144 valence electrons. The number of aliphatic carboxylic acids is 3. The number of carboxylic acid groups (broad SMARTS) is 3. The highest BCUT2D eigenvalue weighted by Crippen LogP contribution is 2.33. The van der Waals surface area contributed by atoms with Crippen LogP contribution in [0, 0.1) is 11.3 Å². The summed E-state index contributed by atoms with van der Waals surface area (Å²) >= 11 is 0. The van der Waals surface area contributed by atoms with Crippen molar-refractivity contribution in [1.82, 2.24) is 10.6 Å². The van der Waals surface area contributed by atoms with Crippen molar-refractivity contribution < 1.29 is 34.5 Å². The lowest BCUT2D eigenvalue weighted by Gasteiger charge is -2.36. The van der Waals surface area contributed by atoms with Crippen LogP contribution in [0.1, 0.15) is 53.4 Å². The second-order valence-corrected chi connectivity index (χ2v) is 6.82. The topological polar surface area (TPSA) is 153 Å². The van der Waals surface area contributed by atoms with Gasteiger partial charge in [-0.1, -0.05) is 27.7 Å². The number of hydrogen-bond acceptors (Lipinski definition) is 4. The van der Waals surface area contributed by atoms with Crippen LogP contribution in [0.3, 0.4) is 0 Å². The van der Waals surface area contributed by atoms with Gasteiger partial charge in [0.15, 0.2) is 0 Å². The normalized spacial score (nSPS) is 15.7. The average molecular weight is 360 g/mol. The Morgan fingerprint density at radius 3 is 1.92 bits per heavy atom. The quantitative estimate of drug-likeness (QED) is 0.374. The van der Waals surface area contributed by atoms with Crippen molar-refractivity contribution in [3.8, 4) is 0 Å². The molecule has 0 aromatic carbocycles. The Bertz CT molecular complexity index is 507. The largest absolute Gasteiger partial charge is 0.481 e. The minimum absolute atomic E-state index is 0.207. The number of carbonyl (C=O) groups excluding carboxylic acids is 1. The van der Waals surface area contributed by atoms with Crippen molar-refractivity contribution in [3.63, 3.8) is 0 Å². The van der Waals surface area contributed by atoms with Crippen LogP contribution >= 0.6 is 0 Å². The molecule has 0 heterocycles. The van der Waals surface area contributed by atoms with E-state index in [-0.39, 0.29) is 12.3 Å². The van der Waals surface area contributed by atoms with Gasteiger partial charge in [0.2, 0.25) is 0 Å². The highest BCUT2D eigenvalue weighted by molar-refractivity contribution is 5.86. The zero-order chi connectivity index (χ0) is 19.8. The minimum atomic E-state index is -1.41. The molecule has 0 saturated carbocycles. The minimum Gasteiger partial charge on any atom is -0.481 e. The summed E-state index contributed by atoms with van der Waals surface area (Å²) in [4.78, 5) is 45.4. The van der Waals surface area contributed by atoms with Gasteiger partial charge in [0, 0.05) is 6.42 Å². The Balaban J connectivity index is 5.12. The molecule has 0 aliphatic rings. The molecule has 25 heavy (non-hydrogen) atoms. The molecule has 0 aromatic heterocycles. The molecule has 3 atom stereocenters. The number of amides is 2. The Labute approximate surface area is 146 Å². The molecule has 9 nitrogen and oxygen atoms in total. The van der Waals surface area contributed by atoms with E-state index in [0.29, 0.717) is 12.8 Å². The maximum Gasteiger partial charge on any atom is 0.326 e. The van der Waals surface area contributed by atoms with Crippen molar-refractivity contribution >= 4 is 23.9 Å². The van der Waals surface area contributed by atoms with E-state index >= 15 is 0 Å². The first-order chi connectivity index (χ1) is 11.4. The summed E-state index contributed by atoms with van der Waals surface area (Å²) in [6, 6.07) is -3.56. The van der Waals surface area contributed by atoms with Crippen LogP contribution in [0.4, 0.5) is 4.79 Å². The third-order valence-corrected chi connectivity index (χ3v) is 4.15. The van der Waals surface area contributed by atoms with E-state index in [4.69, 9.17) is 10.2 Å². The molecule has 0 fully saturated rings. The smallest absolute Gasteiger partial charge is 0.326 e. The molecule has 2 amide bonds. The number of urea groups is 1. The first kappa shape index (κ1) is 22.7. The van der Waals surface area contributed by atoms with E-state index < -0.39 is 47.9 Å². The Morgan fingerprint density at radius 2 is 1.56 bits per heavy atom. The molecular weight excluding hydrogens is 332 g/mol. The summed E-state index contributed by atoms with van der Waals surface area (Å²) in [7, 11) is 0. The number of hydrogen-bond donors (Lipinski definition) is 5. The van der Waals surface area contributed by atoms with Crippen molar-refractivity contribution in [3.05, 3.63) is 0 Å². The van der Waals surface area contributed by atoms with Gasteiger partial charge in [0.1, 0.15) is 12.1 Å². The molecule has 5 N–H and O–H groups in total. The summed E-state index contributed by atoms with van der Waals surface area (Å²) in [5.74, 6) is -3.58. The van der Waals surface area contributed by atoms with Crippen LogP contribution in [0.15, 0.2) is 0 Å². The Hall–Kier alpha value is -2.32. The first-order valence-electron chi connectivity index (χ1n) is 8.17. The molecule has 0 aliphatic carbocycles. The standard InChI is InChI=1S/C16H28N2O7/c1-5-16(4,8-9(2)3)12(14(23)24)18-15(25)17-10(13(21)22)6-7-11(19)20/h9-10,12H,5-8H2,1-4H3,(H,19,20)(H,21,22)(H,23,24)(H2,17,18,25). The van der Waals surface area contributed by atoms with E-state index in [0.717, 1.165) is 0 Å². The molecule has 9 heteroatoms. The van der Waals surface area contributed by atoms with Gasteiger partial charge >= 0.3 is 23.9 Å².